The van der Waals surface area contributed by atoms with Crippen LogP contribution in [0.15, 0.2) is 18.3 Å². The quantitative estimate of drug-likeness (QED) is 0.924. The van der Waals surface area contributed by atoms with E-state index in [2.05, 4.69) is 20.3 Å². The van der Waals surface area contributed by atoms with Crippen LogP contribution in [-0.2, 0) is 0 Å². The van der Waals surface area contributed by atoms with Crippen molar-refractivity contribution < 1.29 is 4.74 Å². The number of aromatic nitrogens is 3. The molecule has 0 unspecified atom stereocenters. The molecule has 1 saturated carbocycles. The monoisotopic (exact) mass is 270 g/mol. The van der Waals surface area contributed by atoms with Gasteiger partial charge in [-0.05, 0) is 38.8 Å². The van der Waals surface area contributed by atoms with Crippen molar-refractivity contribution in [3.8, 4) is 11.6 Å². The predicted octanol–water partition coefficient (Wildman–Crippen LogP) is 3.20. The van der Waals surface area contributed by atoms with Gasteiger partial charge in [0.05, 0.1) is 11.3 Å². The van der Waals surface area contributed by atoms with E-state index in [0.717, 1.165) is 41.5 Å². The molecule has 0 aliphatic heterocycles. The standard InChI is InChI=1S/C15H18N4O/c1-9-13(16-3)18-14(11-6-7-11)19-15(9)20-12-5-4-8-17-10(12)2/h4-5,8,11H,6-7H2,1-3H3,(H,16,18,19). The van der Waals surface area contributed by atoms with Crippen LogP contribution >= 0.6 is 0 Å². The molecule has 2 aromatic heterocycles. The molecule has 0 saturated heterocycles. The number of pyridine rings is 1. The van der Waals surface area contributed by atoms with Crippen LogP contribution in [0.25, 0.3) is 0 Å². The first-order valence-corrected chi connectivity index (χ1v) is 6.84. The predicted molar refractivity (Wildman–Crippen MR) is 77.3 cm³/mol. The van der Waals surface area contributed by atoms with Crippen LogP contribution in [-0.4, -0.2) is 22.0 Å². The Hall–Kier alpha value is -2.17. The van der Waals surface area contributed by atoms with Gasteiger partial charge >= 0.3 is 0 Å². The van der Waals surface area contributed by atoms with E-state index >= 15 is 0 Å². The van der Waals surface area contributed by atoms with Crippen molar-refractivity contribution in [2.24, 2.45) is 0 Å². The fraction of sp³-hybridized carbons (Fsp3) is 0.400. The number of ether oxygens (including phenoxy) is 1. The SMILES string of the molecule is CNc1nc(C2CC2)nc(Oc2cccnc2C)c1C. The summed E-state index contributed by atoms with van der Waals surface area (Å²) in [6.07, 6.45) is 4.08. The minimum Gasteiger partial charge on any atom is -0.437 e. The van der Waals surface area contributed by atoms with E-state index in [1.165, 1.54) is 0 Å². The minimum absolute atomic E-state index is 0.486. The summed E-state index contributed by atoms with van der Waals surface area (Å²) in [5.74, 6) is 3.54. The second kappa shape index (κ2) is 5.07. The van der Waals surface area contributed by atoms with Crippen molar-refractivity contribution in [3.63, 3.8) is 0 Å². The third kappa shape index (κ3) is 2.43. The fourth-order valence-electron chi connectivity index (χ4n) is 2.06. The molecular formula is C15H18N4O. The van der Waals surface area contributed by atoms with Crippen LogP contribution in [0.1, 0.15) is 35.8 Å². The summed E-state index contributed by atoms with van der Waals surface area (Å²) in [5.41, 5.74) is 1.77. The van der Waals surface area contributed by atoms with Crippen LogP contribution in [0, 0.1) is 13.8 Å². The Kier molecular flexibility index (Phi) is 3.26. The lowest BCUT2D eigenvalue weighted by molar-refractivity contribution is 0.449. The second-order valence-corrected chi connectivity index (χ2v) is 5.07. The Morgan fingerprint density at radius 2 is 2.05 bits per heavy atom. The highest BCUT2D eigenvalue weighted by Crippen LogP contribution is 2.40. The van der Waals surface area contributed by atoms with Crippen LogP contribution in [0.2, 0.25) is 0 Å². The first kappa shape index (κ1) is 12.8. The lowest BCUT2D eigenvalue weighted by atomic mass is 10.3. The Morgan fingerprint density at radius 3 is 2.70 bits per heavy atom. The molecule has 104 valence electrons. The molecule has 1 aliphatic rings. The van der Waals surface area contributed by atoms with Crippen molar-refractivity contribution in [3.05, 3.63) is 35.4 Å². The molecular weight excluding hydrogens is 252 g/mol. The zero-order valence-corrected chi connectivity index (χ0v) is 12.0. The maximum absolute atomic E-state index is 5.95. The highest BCUT2D eigenvalue weighted by Gasteiger charge is 2.28. The molecule has 1 aliphatic carbocycles. The molecule has 0 spiro atoms. The van der Waals surface area contributed by atoms with Gasteiger partial charge in [-0.25, -0.2) is 4.98 Å². The van der Waals surface area contributed by atoms with Crippen molar-refractivity contribution in [1.82, 2.24) is 15.0 Å². The Morgan fingerprint density at radius 1 is 1.25 bits per heavy atom. The van der Waals surface area contributed by atoms with E-state index < -0.39 is 0 Å². The maximum Gasteiger partial charge on any atom is 0.227 e. The molecule has 5 heteroatoms. The molecule has 20 heavy (non-hydrogen) atoms. The van der Waals surface area contributed by atoms with Crippen molar-refractivity contribution in [2.45, 2.75) is 32.6 Å². The van der Waals surface area contributed by atoms with Gasteiger partial charge in [0.1, 0.15) is 11.6 Å². The maximum atomic E-state index is 5.95. The number of nitrogens with one attached hydrogen (secondary N) is 1. The number of hydrogen-bond donors (Lipinski definition) is 1. The average Bonchev–Trinajstić information content (AvgIpc) is 3.28. The van der Waals surface area contributed by atoms with Gasteiger partial charge in [-0.3, -0.25) is 4.98 Å². The summed E-state index contributed by atoms with van der Waals surface area (Å²) in [5, 5.41) is 3.11. The lowest BCUT2D eigenvalue weighted by Crippen LogP contribution is -2.05. The van der Waals surface area contributed by atoms with Crippen molar-refractivity contribution >= 4 is 5.82 Å². The van der Waals surface area contributed by atoms with E-state index in [0.29, 0.717) is 11.8 Å². The van der Waals surface area contributed by atoms with Crippen molar-refractivity contribution in [2.75, 3.05) is 12.4 Å². The summed E-state index contributed by atoms with van der Waals surface area (Å²) in [6, 6.07) is 3.76. The summed E-state index contributed by atoms with van der Waals surface area (Å²) in [4.78, 5) is 13.4. The van der Waals surface area contributed by atoms with E-state index in [4.69, 9.17) is 4.74 Å². The first-order chi connectivity index (χ1) is 9.69. The lowest BCUT2D eigenvalue weighted by Gasteiger charge is -2.13. The van der Waals surface area contributed by atoms with Gasteiger partial charge in [0.15, 0.2) is 5.75 Å². The van der Waals surface area contributed by atoms with Crippen LogP contribution < -0.4 is 10.1 Å². The number of nitrogens with zero attached hydrogens (tertiary/aromatic N) is 3. The smallest absolute Gasteiger partial charge is 0.227 e. The van der Waals surface area contributed by atoms with Gasteiger partial charge in [-0.15, -0.1) is 0 Å². The van der Waals surface area contributed by atoms with Gasteiger partial charge in [-0.1, -0.05) is 0 Å². The molecule has 1 N–H and O–H groups in total. The van der Waals surface area contributed by atoms with Gasteiger partial charge < -0.3 is 10.1 Å². The van der Waals surface area contributed by atoms with Crippen LogP contribution in [0.3, 0.4) is 0 Å². The van der Waals surface area contributed by atoms with Gasteiger partial charge in [-0.2, -0.15) is 4.98 Å². The third-order valence-electron chi connectivity index (χ3n) is 3.46. The van der Waals surface area contributed by atoms with Gasteiger partial charge in [0, 0.05) is 19.2 Å². The zero-order valence-electron chi connectivity index (χ0n) is 12.0. The molecule has 2 heterocycles. The van der Waals surface area contributed by atoms with Gasteiger partial charge in [0.2, 0.25) is 5.88 Å². The largest absolute Gasteiger partial charge is 0.437 e. The average molecular weight is 270 g/mol. The highest BCUT2D eigenvalue weighted by atomic mass is 16.5. The summed E-state index contributed by atoms with van der Waals surface area (Å²) < 4.78 is 5.95. The first-order valence-electron chi connectivity index (χ1n) is 6.84. The molecule has 1 fully saturated rings. The van der Waals surface area contributed by atoms with E-state index in [1.54, 1.807) is 6.20 Å². The normalized spacial score (nSPS) is 14.2. The Balaban J connectivity index is 1.99. The van der Waals surface area contributed by atoms with Crippen LogP contribution in [0.5, 0.6) is 11.6 Å². The van der Waals surface area contributed by atoms with Gasteiger partial charge in [0.25, 0.3) is 0 Å². The van der Waals surface area contributed by atoms with Crippen molar-refractivity contribution in [1.29, 1.82) is 0 Å². The third-order valence-corrected chi connectivity index (χ3v) is 3.46. The van der Waals surface area contributed by atoms with Crippen LogP contribution in [0.4, 0.5) is 5.82 Å². The molecule has 0 aromatic carbocycles. The molecule has 2 aromatic rings. The van der Waals surface area contributed by atoms with E-state index in [9.17, 15) is 0 Å². The molecule has 5 nitrogen and oxygen atoms in total. The Labute approximate surface area is 118 Å². The highest BCUT2D eigenvalue weighted by molar-refractivity contribution is 5.50. The molecule has 0 atom stereocenters. The molecule has 0 bridgehead atoms. The fourth-order valence-corrected chi connectivity index (χ4v) is 2.06. The number of anilines is 1. The van der Waals surface area contributed by atoms with E-state index in [1.807, 2.05) is 33.0 Å². The molecule has 0 radical (unpaired) electrons. The summed E-state index contributed by atoms with van der Waals surface area (Å²) in [7, 11) is 1.87. The molecule has 3 rings (SSSR count). The number of aryl methyl sites for hydroxylation is 1. The number of rotatable bonds is 4. The number of hydrogen-bond acceptors (Lipinski definition) is 5. The topological polar surface area (TPSA) is 59.9 Å². The second-order valence-electron chi connectivity index (χ2n) is 5.07. The Bertz CT molecular complexity index is 638. The summed E-state index contributed by atoms with van der Waals surface area (Å²) >= 11 is 0. The molecule has 0 amide bonds. The minimum atomic E-state index is 0.486. The zero-order chi connectivity index (χ0) is 14.1. The summed E-state index contributed by atoms with van der Waals surface area (Å²) in [6.45, 7) is 3.89. The van der Waals surface area contributed by atoms with E-state index in [-0.39, 0.29) is 0 Å².